The topological polar surface area (TPSA) is 99.5 Å². The first-order chi connectivity index (χ1) is 12.1. The maximum atomic E-state index is 11.7. The molecule has 1 rings (SSSR count). The van der Waals surface area contributed by atoms with Crippen molar-refractivity contribution in [3.8, 4) is 5.75 Å². The molecule has 0 aromatic heterocycles. The molecule has 0 aliphatic rings. The highest BCUT2D eigenvalue weighted by Crippen LogP contribution is 2.22. The molecule has 0 aliphatic carbocycles. The van der Waals surface area contributed by atoms with Crippen LogP contribution in [0.4, 0.5) is 4.79 Å². The Morgan fingerprint density at radius 1 is 1.23 bits per heavy atom. The second kappa shape index (κ2) is 12.2. The van der Waals surface area contributed by atoms with Gasteiger partial charge < -0.3 is 29.5 Å². The standard InChI is InChI=1S/C14H22N2O2.C4H8O4/c1-6-16(5)14(17)18-13-9-7-8-12(10-13)11(2)15(3)4;1-3(6)4(7)8-2-5/h7-11H,6H2,1-5H3;2-4,6-7H,1H3/t11-;3-,4-/m00/s1. The van der Waals surface area contributed by atoms with Gasteiger partial charge >= 0.3 is 6.09 Å². The number of nitrogens with zero attached hydrogens (tertiary/aromatic N) is 2. The summed E-state index contributed by atoms with van der Waals surface area (Å²) in [5.74, 6) is 0.589. The predicted molar refractivity (Wildman–Crippen MR) is 97.7 cm³/mol. The normalized spacial score (nSPS) is 13.7. The third-order valence-electron chi connectivity index (χ3n) is 3.71. The lowest BCUT2D eigenvalue weighted by Crippen LogP contribution is -2.29. The minimum Gasteiger partial charge on any atom is -0.435 e. The van der Waals surface area contributed by atoms with Crippen LogP contribution in [0.15, 0.2) is 24.3 Å². The van der Waals surface area contributed by atoms with Crippen molar-refractivity contribution in [2.24, 2.45) is 0 Å². The van der Waals surface area contributed by atoms with E-state index in [1.54, 1.807) is 13.1 Å². The molecule has 0 radical (unpaired) electrons. The number of hydrogen-bond donors (Lipinski definition) is 2. The molecule has 0 fully saturated rings. The fraction of sp³-hybridized carbons (Fsp3) is 0.556. The molecule has 0 spiro atoms. The average Bonchev–Trinajstić information content (AvgIpc) is 2.61. The van der Waals surface area contributed by atoms with Crippen molar-refractivity contribution in [3.63, 3.8) is 0 Å². The summed E-state index contributed by atoms with van der Waals surface area (Å²) in [4.78, 5) is 24.7. The molecule has 26 heavy (non-hydrogen) atoms. The molecular weight excluding hydrogens is 340 g/mol. The fourth-order valence-corrected chi connectivity index (χ4v) is 1.61. The molecule has 0 saturated heterocycles. The average molecular weight is 370 g/mol. The number of carbonyl (C=O) groups is 2. The molecule has 2 N–H and O–H groups in total. The van der Waals surface area contributed by atoms with E-state index < -0.39 is 12.4 Å². The summed E-state index contributed by atoms with van der Waals surface area (Å²) < 4.78 is 9.23. The van der Waals surface area contributed by atoms with Crippen LogP contribution in [-0.4, -0.2) is 72.7 Å². The quantitative estimate of drug-likeness (QED) is 0.556. The van der Waals surface area contributed by atoms with Gasteiger partial charge in [0.1, 0.15) is 11.9 Å². The fourth-order valence-electron chi connectivity index (χ4n) is 1.61. The van der Waals surface area contributed by atoms with Gasteiger partial charge in [-0.15, -0.1) is 0 Å². The highest BCUT2D eigenvalue weighted by atomic mass is 16.6. The Morgan fingerprint density at radius 2 is 1.85 bits per heavy atom. The zero-order valence-corrected chi connectivity index (χ0v) is 16.2. The van der Waals surface area contributed by atoms with E-state index in [0.29, 0.717) is 12.3 Å². The van der Waals surface area contributed by atoms with Gasteiger partial charge in [-0.25, -0.2) is 4.79 Å². The van der Waals surface area contributed by atoms with Crippen LogP contribution in [0.1, 0.15) is 32.4 Å². The van der Waals surface area contributed by atoms with Crippen molar-refractivity contribution in [1.29, 1.82) is 0 Å². The van der Waals surface area contributed by atoms with E-state index in [0.717, 1.165) is 5.56 Å². The van der Waals surface area contributed by atoms with Gasteiger partial charge in [0.2, 0.25) is 6.29 Å². The van der Waals surface area contributed by atoms with Crippen molar-refractivity contribution < 1.29 is 29.3 Å². The zero-order chi connectivity index (χ0) is 20.3. The second-order valence-corrected chi connectivity index (χ2v) is 5.96. The van der Waals surface area contributed by atoms with Crippen molar-refractivity contribution >= 4 is 12.6 Å². The summed E-state index contributed by atoms with van der Waals surface area (Å²) >= 11 is 0. The number of rotatable bonds is 7. The van der Waals surface area contributed by atoms with E-state index in [2.05, 4.69) is 16.6 Å². The zero-order valence-electron chi connectivity index (χ0n) is 16.2. The Morgan fingerprint density at radius 3 is 2.27 bits per heavy atom. The van der Waals surface area contributed by atoms with Crippen LogP contribution in [-0.2, 0) is 9.53 Å². The van der Waals surface area contributed by atoms with Gasteiger partial charge in [0.05, 0.1) is 0 Å². The Kier molecular flexibility index (Phi) is 11.2. The van der Waals surface area contributed by atoms with Gasteiger partial charge in [-0.1, -0.05) is 12.1 Å². The summed E-state index contributed by atoms with van der Waals surface area (Å²) in [6.07, 6.45) is -2.75. The Hall–Kier alpha value is -2.16. The second-order valence-electron chi connectivity index (χ2n) is 5.96. The van der Waals surface area contributed by atoms with Gasteiger partial charge in [0.15, 0.2) is 0 Å². The Labute approximate surface area is 154 Å². The number of aliphatic hydroxyl groups is 2. The summed E-state index contributed by atoms with van der Waals surface area (Å²) in [6, 6.07) is 7.93. The van der Waals surface area contributed by atoms with Crippen LogP contribution < -0.4 is 4.74 Å². The summed E-state index contributed by atoms with van der Waals surface area (Å²) in [5.41, 5.74) is 1.13. The van der Waals surface area contributed by atoms with Crippen LogP contribution in [0.5, 0.6) is 5.75 Å². The number of ether oxygens (including phenoxy) is 2. The molecule has 3 atom stereocenters. The van der Waals surface area contributed by atoms with E-state index in [-0.39, 0.29) is 18.6 Å². The first kappa shape index (κ1) is 23.8. The van der Waals surface area contributed by atoms with E-state index >= 15 is 0 Å². The maximum absolute atomic E-state index is 11.7. The molecular formula is C18H30N2O6. The lowest BCUT2D eigenvalue weighted by Gasteiger charge is -2.21. The van der Waals surface area contributed by atoms with Crippen LogP contribution in [0.2, 0.25) is 0 Å². The smallest absolute Gasteiger partial charge is 0.414 e. The molecule has 0 saturated carbocycles. The van der Waals surface area contributed by atoms with Crippen LogP contribution in [0, 0.1) is 0 Å². The van der Waals surface area contributed by atoms with E-state index in [9.17, 15) is 9.59 Å². The molecule has 1 aromatic carbocycles. The molecule has 8 nitrogen and oxygen atoms in total. The summed E-state index contributed by atoms with van der Waals surface area (Å²) in [6.45, 7) is 6.04. The van der Waals surface area contributed by atoms with E-state index in [4.69, 9.17) is 14.9 Å². The first-order valence-electron chi connectivity index (χ1n) is 8.28. The monoisotopic (exact) mass is 370 g/mol. The Balaban J connectivity index is 0.000000660. The molecule has 8 heteroatoms. The third-order valence-corrected chi connectivity index (χ3v) is 3.71. The summed E-state index contributed by atoms with van der Waals surface area (Å²) in [5, 5.41) is 16.8. The van der Waals surface area contributed by atoms with Crippen LogP contribution >= 0.6 is 0 Å². The van der Waals surface area contributed by atoms with Crippen LogP contribution in [0.3, 0.4) is 0 Å². The largest absolute Gasteiger partial charge is 0.435 e. The van der Waals surface area contributed by atoms with Gasteiger partial charge in [-0.05, 0) is 52.6 Å². The predicted octanol–water partition coefficient (Wildman–Crippen LogP) is 1.62. The van der Waals surface area contributed by atoms with Crippen molar-refractivity contribution in [2.75, 3.05) is 27.7 Å². The highest BCUT2D eigenvalue weighted by Gasteiger charge is 2.12. The van der Waals surface area contributed by atoms with Crippen molar-refractivity contribution in [1.82, 2.24) is 9.80 Å². The molecule has 0 aliphatic heterocycles. The first-order valence-corrected chi connectivity index (χ1v) is 8.28. The molecule has 0 heterocycles. The third kappa shape index (κ3) is 8.80. The number of aliphatic hydroxyl groups excluding tert-OH is 2. The lowest BCUT2D eigenvalue weighted by molar-refractivity contribution is -0.169. The number of amides is 1. The van der Waals surface area contributed by atoms with Gasteiger partial charge in [-0.2, -0.15) is 0 Å². The molecule has 1 amide bonds. The SMILES string of the molecule is CCN(C)C(=O)Oc1cccc([C@H](C)N(C)C)c1.C[C@H](O)[C@@H](O)OC=O. The number of benzene rings is 1. The molecule has 1 aromatic rings. The van der Waals surface area contributed by atoms with Crippen molar-refractivity contribution in [2.45, 2.75) is 39.2 Å². The number of carbonyl (C=O) groups excluding carboxylic acids is 2. The maximum Gasteiger partial charge on any atom is 0.414 e. The molecule has 148 valence electrons. The number of hydrogen-bond acceptors (Lipinski definition) is 7. The van der Waals surface area contributed by atoms with Crippen LogP contribution in [0.25, 0.3) is 0 Å². The Bertz CT molecular complexity index is 550. The van der Waals surface area contributed by atoms with Gasteiger partial charge in [0.25, 0.3) is 6.47 Å². The lowest BCUT2D eigenvalue weighted by atomic mass is 10.1. The molecule has 0 unspecified atom stereocenters. The van der Waals surface area contributed by atoms with E-state index in [1.165, 1.54) is 11.8 Å². The van der Waals surface area contributed by atoms with Gasteiger partial charge in [0, 0.05) is 19.6 Å². The van der Waals surface area contributed by atoms with Crippen molar-refractivity contribution in [3.05, 3.63) is 29.8 Å². The summed E-state index contributed by atoms with van der Waals surface area (Å²) in [7, 11) is 5.76. The van der Waals surface area contributed by atoms with E-state index in [1.807, 2.05) is 39.2 Å². The highest BCUT2D eigenvalue weighted by molar-refractivity contribution is 5.70. The molecule has 0 bridgehead atoms. The minimum atomic E-state index is -1.40. The van der Waals surface area contributed by atoms with Gasteiger partial charge in [-0.3, -0.25) is 4.79 Å². The minimum absolute atomic E-state index is 0.0807.